The number of aliphatic hydroxyl groups excluding tert-OH is 1. The number of hydrogen-bond acceptors (Lipinski definition) is 7. The molecule has 4 atom stereocenters. The van der Waals surface area contributed by atoms with Gasteiger partial charge in [0, 0.05) is 43.9 Å². The van der Waals surface area contributed by atoms with Gasteiger partial charge in [-0.3, -0.25) is 14.3 Å². The highest BCUT2D eigenvalue weighted by Crippen LogP contribution is 2.29. The normalized spacial score (nSPS) is 20.3. The fourth-order valence-corrected chi connectivity index (χ4v) is 6.48. The highest BCUT2D eigenvalue weighted by atomic mass is 32.2. The van der Waals surface area contributed by atoms with E-state index in [-0.39, 0.29) is 59.5 Å². The van der Waals surface area contributed by atoms with Crippen LogP contribution in [0.3, 0.4) is 0 Å². The molecule has 0 radical (unpaired) electrons. The zero-order valence-corrected chi connectivity index (χ0v) is 28.1. The predicted molar refractivity (Wildman–Crippen MR) is 177 cm³/mol. The summed E-state index contributed by atoms with van der Waals surface area (Å²) in [5.41, 5.74) is 0.797. The summed E-state index contributed by atoms with van der Waals surface area (Å²) in [6.45, 7) is 6.17. The first-order valence-electron chi connectivity index (χ1n) is 15.8. The second-order valence-electron chi connectivity index (χ2n) is 12.1. The van der Waals surface area contributed by atoms with E-state index in [0.29, 0.717) is 18.6 Å². The number of sulfonamides is 1. The van der Waals surface area contributed by atoms with Crippen molar-refractivity contribution in [1.82, 2.24) is 9.80 Å². The average molecular weight is 670 g/mol. The van der Waals surface area contributed by atoms with Crippen LogP contribution in [-0.2, 0) is 14.8 Å². The van der Waals surface area contributed by atoms with Crippen LogP contribution in [-0.4, -0.2) is 86.7 Å². The topological polar surface area (TPSA) is 125 Å². The number of fused-ring (bicyclic) bond motifs is 1. The second-order valence-corrected chi connectivity index (χ2v) is 13.8. The molecular weight excluding hydrogens is 625 g/mol. The number of carbonyl (C=O) groups excluding carboxylic acids is 2. The maximum absolute atomic E-state index is 14.3. The lowest BCUT2D eigenvalue weighted by Crippen LogP contribution is -2.48. The van der Waals surface area contributed by atoms with Gasteiger partial charge in [-0.2, -0.15) is 0 Å². The summed E-state index contributed by atoms with van der Waals surface area (Å²) in [4.78, 5) is 30.5. The quantitative estimate of drug-likeness (QED) is 0.338. The Kier molecular flexibility index (Phi) is 12.4. The van der Waals surface area contributed by atoms with Crippen molar-refractivity contribution in [1.29, 1.82) is 0 Å². The van der Waals surface area contributed by atoms with Crippen LogP contribution in [0.1, 0.15) is 60.7 Å². The Bertz CT molecular complexity index is 1610. The minimum Gasteiger partial charge on any atom is -0.490 e. The van der Waals surface area contributed by atoms with Crippen molar-refractivity contribution in [3.63, 3.8) is 0 Å². The number of aliphatic hydroxyl groups is 1. The van der Waals surface area contributed by atoms with E-state index in [2.05, 4.69) is 4.72 Å². The summed E-state index contributed by atoms with van der Waals surface area (Å²) in [5.74, 6) is -1.15. The van der Waals surface area contributed by atoms with Crippen LogP contribution < -0.4 is 9.46 Å². The van der Waals surface area contributed by atoms with Crippen LogP contribution >= 0.6 is 0 Å². The minimum absolute atomic E-state index is 0.116. The molecule has 1 heterocycles. The van der Waals surface area contributed by atoms with Crippen molar-refractivity contribution < 1.29 is 37.0 Å². The summed E-state index contributed by atoms with van der Waals surface area (Å²) >= 11 is 0. The fourth-order valence-electron chi connectivity index (χ4n) is 5.43. The molecule has 1 aliphatic heterocycles. The monoisotopic (exact) mass is 669 g/mol. The Morgan fingerprint density at radius 3 is 2.47 bits per heavy atom. The van der Waals surface area contributed by atoms with Gasteiger partial charge in [0.2, 0.25) is 0 Å². The molecule has 0 unspecified atom stereocenters. The number of amides is 2. The highest BCUT2D eigenvalue weighted by molar-refractivity contribution is 7.92. The van der Waals surface area contributed by atoms with Crippen molar-refractivity contribution in [2.24, 2.45) is 5.92 Å². The number of nitrogens with zero attached hydrogens (tertiary/aromatic N) is 2. The predicted octanol–water partition coefficient (Wildman–Crippen LogP) is 5.19. The van der Waals surface area contributed by atoms with E-state index >= 15 is 0 Å². The van der Waals surface area contributed by atoms with Crippen LogP contribution in [0.25, 0.3) is 0 Å². The fraction of sp³-hybridized carbons (Fsp3) is 0.429. The van der Waals surface area contributed by atoms with Crippen molar-refractivity contribution in [3.8, 4) is 5.75 Å². The van der Waals surface area contributed by atoms with Gasteiger partial charge in [0.15, 0.2) is 0 Å². The second kappa shape index (κ2) is 16.2. The molecular formula is C35H44FN3O7S. The lowest BCUT2D eigenvalue weighted by molar-refractivity contribution is -0.0149. The van der Waals surface area contributed by atoms with Crippen molar-refractivity contribution in [3.05, 3.63) is 89.7 Å². The van der Waals surface area contributed by atoms with Crippen molar-refractivity contribution in [2.75, 3.05) is 38.1 Å². The third kappa shape index (κ3) is 9.52. The van der Waals surface area contributed by atoms with Gasteiger partial charge in [-0.15, -0.1) is 0 Å². The number of ether oxygens (including phenoxy) is 2. The molecule has 0 aromatic heterocycles. The van der Waals surface area contributed by atoms with Gasteiger partial charge in [-0.05, 0) is 87.7 Å². The summed E-state index contributed by atoms with van der Waals surface area (Å²) in [5, 5.41) is 10.2. The maximum atomic E-state index is 14.3. The smallest absolute Gasteiger partial charge is 0.261 e. The number of nitrogens with one attached hydrogen (secondary N) is 1. The Balaban J connectivity index is 1.66. The number of hydrogen-bond donors (Lipinski definition) is 2. The van der Waals surface area contributed by atoms with Crippen LogP contribution in [0, 0.1) is 11.7 Å². The Hall–Kier alpha value is -4.00. The van der Waals surface area contributed by atoms with Crippen molar-refractivity contribution in [2.45, 2.75) is 63.2 Å². The van der Waals surface area contributed by atoms with Crippen LogP contribution in [0.5, 0.6) is 5.75 Å². The highest BCUT2D eigenvalue weighted by Gasteiger charge is 2.31. The molecule has 12 heteroatoms. The number of halogens is 1. The molecule has 47 heavy (non-hydrogen) atoms. The number of likely N-dealkylation sites (N-methyl/N-ethyl adjacent to an activating group) is 1. The number of rotatable bonds is 8. The SMILES string of the molecule is C[C@@H]1CCCCO[C@@H](CN(C)C(=O)c2ccccc2)[C@@H](C)CN([C@H](C)CO)C(=O)c2cc(NS(=O)(=O)c3ccc(F)cc3)ccc2O1. The zero-order valence-electron chi connectivity index (χ0n) is 27.3. The van der Waals surface area contributed by atoms with Gasteiger partial charge >= 0.3 is 0 Å². The average Bonchev–Trinajstić information content (AvgIpc) is 3.06. The minimum atomic E-state index is -4.09. The van der Waals surface area contributed by atoms with Crippen LogP contribution in [0.4, 0.5) is 10.1 Å². The van der Waals surface area contributed by atoms with Crippen LogP contribution in [0.15, 0.2) is 77.7 Å². The van der Waals surface area contributed by atoms with Crippen LogP contribution in [0.2, 0.25) is 0 Å². The molecule has 2 N–H and O–H groups in total. The molecule has 10 nitrogen and oxygen atoms in total. The van der Waals surface area contributed by atoms with E-state index in [9.17, 15) is 27.5 Å². The van der Waals surface area contributed by atoms with E-state index in [4.69, 9.17) is 9.47 Å². The molecule has 254 valence electrons. The Labute approximate surface area is 276 Å². The molecule has 2 amide bonds. The molecule has 4 rings (SSSR count). The number of anilines is 1. The van der Waals surface area contributed by atoms with E-state index in [0.717, 1.165) is 37.1 Å². The molecule has 3 aromatic carbocycles. The van der Waals surface area contributed by atoms with E-state index < -0.39 is 33.9 Å². The summed E-state index contributed by atoms with van der Waals surface area (Å²) in [6.07, 6.45) is 1.56. The number of benzene rings is 3. The molecule has 3 aromatic rings. The lowest BCUT2D eigenvalue weighted by atomic mass is 10.0. The van der Waals surface area contributed by atoms with Crippen molar-refractivity contribution >= 4 is 27.5 Å². The third-order valence-electron chi connectivity index (χ3n) is 8.25. The van der Waals surface area contributed by atoms with Gasteiger partial charge in [0.05, 0.1) is 35.3 Å². The molecule has 0 saturated carbocycles. The first kappa shape index (κ1) is 35.8. The van der Waals surface area contributed by atoms with Gasteiger partial charge in [-0.1, -0.05) is 25.1 Å². The Morgan fingerprint density at radius 2 is 1.79 bits per heavy atom. The largest absolute Gasteiger partial charge is 0.490 e. The lowest BCUT2D eigenvalue weighted by Gasteiger charge is -2.36. The standard InChI is InChI=1S/C35H44FN3O7S/c1-24-21-39(25(2)23-40)35(42)31-20-29(37-47(43,44)30-16-13-28(36)14-17-30)15-18-32(31)46-26(3)10-8-9-19-45-33(24)22-38(4)34(41)27-11-6-5-7-12-27/h5-7,11-18,20,24-26,33,37,40H,8-10,19,21-23H2,1-4H3/t24-,25+,26+,33-/m0/s1. The van der Waals surface area contributed by atoms with E-state index in [1.807, 2.05) is 32.0 Å². The van der Waals surface area contributed by atoms with Gasteiger partial charge in [-0.25, -0.2) is 12.8 Å². The summed E-state index contributed by atoms with van der Waals surface area (Å²) in [6, 6.07) is 17.3. The molecule has 0 spiro atoms. The molecule has 0 aliphatic carbocycles. The molecule has 0 saturated heterocycles. The van der Waals surface area contributed by atoms with E-state index in [1.165, 1.54) is 17.0 Å². The van der Waals surface area contributed by atoms with Gasteiger partial charge < -0.3 is 24.4 Å². The first-order chi connectivity index (χ1) is 22.4. The van der Waals surface area contributed by atoms with Gasteiger partial charge in [0.25, 0.3) is 21.8 Å². The first-order valence-corrected chi connectivity index (χ1v) is 17.3. The summed E-state index contributed by atoms with van der Waals surface area (Å²) < 4.78 is 54.6. The number of carbonyl (C=O) groups is 2. The Morgan fingerprint density at radius 1 is 1.09 bits per heavy atom. The zero-order chi connectivity index (χ0) is 34.1. The maximum Gasteiger partial charge on any atom is 0.261 e. The third-order valence-corrected chi connectivity index (χ3v) is 9.65. The van der Waals surface area contributed by atoms with Gasteiger partial charge in [0.1, 0.15) is 11.6 Å². The molecule has 0 fully saturated rings. The molecule has 0 bridgehead atoms. The molecule has 1 aliphatic rings. The van der Waals surface area contributed by atoms with E-state index in [1.54, 1.807) is 37.1 Å². The summed E-state index contributed by atoms with van der Waals surface area (Å²) in [7, 11) is -2.37.